The number of halogens is 1. The molecule has 0 saturated heterocycles. The van der Waals surface area contributed by atoms with Gasteiger partial charge in [0.1, 0.15) is 5.82 Å². The van der Waals surface area contributed by atoms with E-state index in [-0.39, 0.29) is 11.7 Å². The van der Waals surface area contributed by atoms with Crippen LogP contribution in [0.1, 0.15) is 17.7 Å². The summed E-state index contributed by atoms with van der Waals surface area (Å²) in [5.74, 6) is -0.333. The van der Waals surface area contributed by atoms with Gasteiger partial charge >= 0.3 is 0 Å². The number of likely N-dealkylation sites (N-methyl/N-ethyl adjacent to an activating group) is 1. The molecule has 1 amide bonds. The maximum Gasteiger partial charge on any atom is 0.246 e. The van der Waals surface area contributed by atoms with Gasteiger partial charge < -0.3 is 4.90 Å². The minimum Gasteiger partial charge on any atom is -0.342 e. The van der Waals surface area contributed by atoms with Crippen molar-refractivity contribution in [2.75, 3.05) is 13.6 Å². The number of aromatic amines is 1. The summed E-state index contributed by atoms with van der Waals surface area (Å²) < 4.78 is 15.0. The number of hydrogen-bond acceptors (Lipinski definition) is 3. The molecule has 0 aliphatic carbocycles. The molecule has 2 aromatic heterocycles. The van der Waals surface area contributed by atoms with Gasteiger partial charge in [0, 0.05) is 49.7 Å². The second-order valence-corrected chi connectivity index (χ2v) is 6.43. The van der Waals surface area contributed by atoms with Crippen molar-refractivity contribution in [3.8, 4) is 11.3 Å². The molecule has 140 valence electrons. The zero-order valence-corrected chi connectivity index (χ0v) is 15.4. The van der Waals surface area contributed by atoms with Crippen molar-refractivity contribution < 1.29 is 9.18 Å². The largest absolute Gasteiger partial charge is 0.342 e. The second-order valence-electron chi connectivity index (χ2n) is 6.43. The molecule has 27 heavy (non-hydrogen) atoms. The van der Waals surface area contributed by atoms with Gasteiger partial charge in [0.2, 0.25) is 5.91 Å². The van der Waals surface area contributed by atoms with Crippen LogP contribution in [0.2, 0.25) is 0 Å². The molecule has 7 heteroatoms. The molecule has 0 atom stereocenters. The third-order valence-electron chi connectivity index (χ3n) is 4.21. The van der Waals surface area contributed by atoms with Gasteiger partial charge in [-0.05, 0) is 37.1 Å². The molecule has 0 spiro atoms. The lowest BCUT2D eigenvalue weighted by Gasteiger charge is -2.14. The minimum absolute atomic E-state index is 0.0519. The molecule has 0 fully saturated rings. The van der Waals surface area contributed by atoms with Crippen molar-refractivity contribution in [3.63, 3.8) is 0 Å². The zero-order valence-electron chi connectivity index (χ0n) is 15.4. The molecule has 0 unspecified atom stereocenters. The highest BCUT2D eigenvalue weighted by Gasteiger charge is 2.08. The van der Waals surface area contributed by atoms with Crippen LogP contribution in [-0.2, 0) is 18.3 Å². The third-order valence-corrected chi connectivity index (χ3v) is 4.21. The van der Waals surface area contributed by atoms with Gasteiger partial charge in [-0.1, -0.05) is 12.1 Å². The quantitative estimate of drug-likeness (QED) is 0.653. The van der Waals surface area contributed by atoms with Gasteiger partial charge in [-0.25, -0.2) is 4.39 Å². The highest BCUT2D eigenvalue weighted by atomic mass is 19.1. The number of H-pyrrole nitrogens is 1. The van der Waals surface area contributed by atoms with E-state index in [4.69, 9.17) is 0 Å². The topological polar surface area (TPSA) is 66.8 Å². The van der Waals surface area contributed by atoms with E-state index in [0.717, 1.165) is 29.7 Å². The molecular formula is C20H22FN5O. The van der Waals surface area contributed by atoms with Gasteiger partial charge in [0.25, 0.3) is 0 Å². The van der Waals surface area contributed by atoms with Gasteiger partial charge in [-0.2, -0.15) is 10.2 Å². The smallest absolute Gasteiger partial charge is 0.246 e. The maximum absolute atomic E-state index is 13.3. The molecule has 1 N–H and O–H groups in total. The molecule has 0 radical (unpaired) electrons. The van der Waals surface area contributed by atoms with Crippen LogP contribution in [0.15, 0.2) is 48.8 Å². The normalized spacial score (nSPS) is 11.2. The first kappa shape index (κ1) is 18.6. The summed E-state index contributed by atoms with van der Waals surface area (Å²) in [7, 11) is 3.61. The van der Waals surface area contributed by atoms with Crippen LogP contribution in [0.3, 0.4) is 0 Å². The Kier molecular flexibility index (Phi) is 5.80. The molecule has 0 saturated carbocycles. The van der Waals surface area contributed by atoms with Gasteiger partial charge in [-0.15, -0.1) is 0 Å². The van der Waals surface area contributed by atoms with E-state index < -0.39 is 0 Å². The first-order valence-electron chi connectivity index (χ1n) is 8.73. The number of rotatable bonds is 7. The molecule has 1 aromatic carbocycles. The van der Waals surface area contributed by atoms with Crippen molar-refractivity contribution in [2.45, 2.75) is 12.8 Å². The summed E-state index contributed by atoms with van der Waals surface area (Å²) in [5.41, 5.74) is 3.31. The van der Waals surface area contributed by atoms with Crippen molar-refractivity contribution in [1.82, 2.24) is 24.9 Å². The second kappa shape index (κ2) is 8.44. The van der Waals surface area contributed by atoms with Crippen LogP contribution < -0.4 is 0 Å². The average molecular weight is 367 g/mol. The van der Waals surface area contributed by atoms with E-state index in [9.17, 15) is 9.18 Å². The number of hydrogen-bond donors (Lipinski definition) is 1. The summed E-state index contributed by atoms with van der Waals surface area (Å²) >= 11 is 0. The van der Waals surface area contributed by atoms with Crippen LogP contribution in [0.5, 0.6) is 0 Å². The van der Waals surface area contributed by atoms with Crippen LogP contribution >= 0.6 is 0 Å². The average Bonchev–Trinajstić information content (AvgIpc) is 3.28. The number of aryl methyl sites for hydroxylation is 2. The summed E-state index contributed by atoms with van der Waals surface area (Å²) in [5, 5.41) is 11.3. The summed E-state index contributed by atoms with van der Waals surface area (Å²) in [6.45, 7) is 0.629. The van der Waals surface area contributed by atoms with Gasteiger partial charge in [0.15, 0.2) is 0 Å². The predicted octanol–water partition coefficient (Wildman–Crippen LogP) is 3.05. The van der Waals surface area contributed by atoms with Crippen molar-refractivity contribution in [3.05, 3.63) is 65.9 Å². The predicted molar refractivity (Wildman–Crippen MR) is 102 cm³/mol. The Morgan fingerprint density at radius 3 is 2.96 bits per heavy atom. The first-order valence-corrected chi connectivity index (χ1v) is 8.73. The lowest BCUT2D eigenvalue weighted by molar-refractivity contribution is -0.124. The number of nitrogens with zero attached hydrogens (tertiary/aromatic N) is 4. The fourth-order valence-electron chi connectivity index (χ4n) is 2.72. The van der Waals surface area contributed by atoms with E-state index in [1.54, 1.807) is 41.0 Å². The standard InChI is InChI=1S/C20H22FN5O/c1-25(20(27)9-8-15-13-22-26(2)14-15)10-4-7-18-12-19(24-23-18)16-5-3-6-17(21)11-16/h3,5-6,8-9,11-14H,4,7,10H2,1-2H3,(H,23,24). The molecule has 3 aromatic rings. The molecule has 3 rings (SSSR count). The summed E-state index contributed by atoms with van der Waals surface area (Å²) in [6.07, 6.45) is 8.41. The lowest BCUT2D eigenvalue weighted by atomic mass is 10.1. The van der Waals surface area contributed by atoms with E-state index >= 15 is 0 Å². The minimum atomic E-state index is -0.281. The van der Waals surface area contributed by atoms with Gasteiger partial charge in [-0.3, -0.25) is 14.6 Å². The zero-order chi connectivity index (χ0) is 19.2. The molecule has 0 bridgehead atoms. The number of benzene rings is 1. The Balaban J connectivity index is 1.48. The lowest BCUT2D eigenvalue weighted by Crippen LogP contribution is -2.26. The fraction of sp³-hybridized carbons (Fsp3) is 0.250. The van der Waals surface area contributed by atoms with Gasteiger partial charge in [0.05, 0.1) is 11.9 Å². The van der Waals surface area contributed by atoms with Crippen molar-refractivity contribution in [1.29, 1.82) is 0 Å². The first-order chi connectivity index (χ1) is 13.0. The van der Waals surface area contributed by atoms with Crippen molar-refractivity contribution in [2.24, 2.45) is 7.05 Å². The number of nitrogens with one attached hydrogen (secondary N) is 1. The van der Waals surface area contributed by atoms with E-state index in [2.05, 4.69) is 15.3 Å². The molecular weight excluding hydrogens is 345 g/mol. The highest BCUT2D eigenvalue weighted by Crippen LogP contribution is 2.19. The number of carbonyl (C=O) groups excluding carboxylic acids is 1. The van der Waals surface area contributed by atoms with E-state index in [1.165, 1.54) is 12.1 Å². The van der Waals surface area contributed by atoms with Crippen LogP contribution in [0.25, 0.3) is 17.3 Å². The summed E-state index contributed by atoms with van der Waals surface area (Å²) in [4.78, 5) is 13.8. The van der Waals surface area contributed by atoms with Crippen LogP contribution in [0, 0.1) is 5.82 Å². The Morgan fingerprint density at radius 1 is 1.37 bits per heavy atom. The van der Waals surface area contributed by atoms with Crippen LogP contribution in [-0.4, -0.2) is 44.4 Å². The maximum atomic E-state index is 13.3. The summed E-state index contributed by atoms with van der Waals surface area (Å²) in [6, 6.07) is 8.27. The Labute approximate surface area is 157 Å². The number of amides is 1. The SMILES string of the molecule is CN(CCCc1cc(-c2cccc(F)c2)n[nH]1)C(=O)C=Cc1cnn(C)c1. The molecule has 2 heterocycles. The fourth-order valence-corrected chi connectivity index (χ4v) is 2.72. The Hall–Kier alpha value is -3.22. The Morgan fingerprint density at radius 2 is 2.22 bits per heavy atom. The molecule has 0 aliphatic rings. The van der Waals surface area contributed by atoms with E-state index in [1.807, 2.05) is 25.4 Å². The molecule has 0 aliphatic heterocycles. The third kappa shape index (κ3) is 5.13. The number of aromatic nitrogens is 4. The van der Waals surface area contributed by atoms with Crippen LogP contribution in [0.4, 0.5) is 4.39 Å². The Bertz CT molecular complexity index is 943. The molecule has 6 nitrogen and oxygen atoms in total. The monoisotopic (exact) mass is 367 g/mol. The number of carbonyl (C=O) groups is 1. The highest BCUT2D eigenvalue weighted by molar-refractivity contribution is 5.91. The van der Waals surface area contributed by atoms with Crippen molar-refractivity contribution >= 4 is 12.0 Å². The van der Waals surface area contributed by atoms with E-state index in [0.29, 0.717) is 12.2 Å².